The predicted molar refractivity (Wildman–Crippen MR) is 111 cm³/mol. The van der Waals surface area contributed by atoms with Gasteiger partial charge in [0, 0.05) is 13.0 Å². The molecule has 0 spiro atoms. The first-order chi connectivity index (χ1) is 14.6. The summed E-state index contributed by atoms with van der Waals surface area (Å²) in [6.07, 6.45) is 1.86. The van der Waals surface area contributed by atoms with Crippen molar-refractivity contribution in [3.8, 4) is 5.69 Å². The summed E-state index contributed by atoms with van der Waals surface area (Å²) >= 11 is 0. The fourth-order valence-electron chi connectivity index (χ4n) is 4.45. The van der Waals surface area contributed by atoms with Crippen molar-refractivity contribution in [3.63, 3.8) is 0 Å². The zero-order valence-electron chi connectivity index (χ0n) is 17.8. The van der Waals surface area contributed by atoms with Crippen LogP contribution in [0.1, 0.15) is 65.7 Å². The SMILES string of the molecule is CCc1nn(-c2c(F)cc(C(N)=O)c(NC3CCOC3)c2F)c2c1C(=O)CC(C)(C)C2. The Hall–Kier alpha value is -2.81. The summed E-state index contributed by atoms with van der Waals surface area (Å²) in [5.41, 5.74) is 5.58. The number of carbonyl (C=O) groups is 2. The maximum absolute atomic E-state index is 15.8. The van der Waals surface area contributed by atoms with Crippen molar-refractivity contribution >= 4 is 17.4 Å². The lowest BCUT2D eigenvalue weighted by Crippen LogP contribution is -2.29. The van der Waals surface area contributed by atoms with E-state index in [-0.39, 0.29) is 28.5 Å². The molecule has 1 fully saturated rings. The lowest BCUT2D eigenvalue weighted by molar-refractivity contribution is 0.0909. The van der Waals surface area contributed by atoms with Crippen molar-refractivity contribution < 1.29 is 23.1 Å². The van der Waals surface area contributed by atoms with E-state index in [2.05, 4.69) is 10.4 Å². The van der Waals surface area contributed by atoms with Crippen LogP contribution in [0.3, 0.4) is 0 Å². The van der Waals surface area contributed by atoms with E-state index in [1.165, 1.54) is 4.68 Å². The Morgan fingerprint density at radius 3 is 2.74 bits per heavy atom. The van der Waals surface area contributed by atoms with Crippen LogP contribution < -0.4 is 11.1 Å². The van der Waals surface area contributed by atoms with Crippen molar-refractivity contribution in [2.45, 2.75) is 52.5 Å². The topological polar surface area (TPSA) is 99.2 Å². The van der Waals surface area contributed by atoms with Crippen molar-refractivity contribution in [1.29, 1.82) is 0 Å². The van der Waals surface area contributed by atoms with Crippen LogP contribution in [0.4, 0.5) is 14.5 Å². The Balaban J connectivity index is 1.93. The molecule has 0 radical (unpaired) electrons. The van der Waals surface area contributed by atoms with Gasteiger partial charge >= 0.3 is 0 Å². The molecule has 2 aromatic rings. The Labute approximate surface area is 178 Å². The molecule has 1 aliphatic carbocycles. The second kappa shape index (κ2) is 7.71. The van der Waals surface area contributed by atoms with Gasteiger partial charge in [0.25, 0.3) is 5.91 Å². The zero-order valence-corrected chi connectivity index (χ0v) is 17.8. The highest BCUT2D eigenvalue weighted by molar-refractivity contribution is 6.00. The highest BCUT2D eigenvalue weighted by atomic mass is 19.1. The molecule has 2 aliphatic rings. The monoisotopic (exact) mass is 432 g/mol. The minimum atomic E-state index is -0.969. The van der Waals surface area contributed by atoms with Gasteiger partial charge in [-0.15, -0.1) is 0 Å². The molecule has 4 rings (SSSR count). The van der Waals surface area contributed by atoms with Crippen LogP contribution >= 0.6 is 0 Å². The molecule has 1 aromatic heterocycles. The number of aryl methyl sites for hydroxylation is 1. The van der Waals surface area contributed by atoms with Crippen LogP contribution in [0, 0.1) is 17.0 Å². The molecule has 1 amide bonds. The quantitative estimate of drug-likeness (QED) is 0.756. The van der Waals surface area contributed by atoms with E-state index in [1.54, 1.807) is 0 Å². The number of Topliss-reactive ketones (excluding diaryl/α,β-unsaturated/α-hetero) is 1. The van der Waals surface area contributed by atoms with Crippen LogP contribution in [0.2, 0.25) is 0 Å². The maximum Gasteiger partial charge on any atom is 0.251 e. The van der Waals surface area contributed by atoms with Crippen molar-refractivity contribution in [3.05, 3.63) is 40.2 Å². The van der Waals surface area contributed by atoms with E-state index >= 15 is 8.78 Å². The summed E-state index contributed by atoms with van der Waals surface area (Å²) in [6, 6.07) is 0.693. The lowest BCUT2D eigenvalue weighted by atomic mass is 9.75. The van der Waals surface area contributed by atoms with Crippen LogP contribution in [-0.4, -0.2) is 40.7 Å². The number of nitrogens with zero attached hydrogens (tertiary/aromatic N) is 2. The van der Waals surface area contributed by atoms with Gasteiger partial charge in [-0.3, -0.25) is 9.59 Å². The smallest absolute Gasteiger partial charge is 0.251 e. The number of hydrogen-bond donors (Lipinski definition) is 2. The molecular weight excluding hydrogens is 406 g/mol. The molecule has 1 atom stereocenters. The predicted octanol–water partition coefficient (Wildman–Crippen LogP) is 3.17. The van der Waals surface area contributed by atoms with Crippen molar-refractivity contribution in [2.75, 3.05) is 18.5 Å². The summed E-state index contributed by atoms with van der Waals surface area (Å²) in [5.74, 6) is -2.96. The number of ketones is 1. The van der Waals surface area contributed by atoms with E-state index in [4.69, 9.17) is 10.5 Å². The second-order valence-corrected chi connectivity index (χ2v) is 8.99. The van der Waals surface area contributed by atoms with Gasteiger partial charge in [0.1, 0.15) is 5.69 Å². The van der Waals surface area contributed by atoms with Gasteiger partial charge in [0.2, 0.25) is 0 Å². The summed E-state index contributed by atoms with van der Waals surface area (Å²) < 4.78 is 37.4. The Morgan fingerprint density at radius 1 is 1.39 bits per heavy atom. The number of fused-ring (bicyclic) bond motifs is 1. The van der Waals surface area contributed by atoms with Gasteiger partial charge in [0.15, 0.2) is 17.4 Å². The highest BCUT2D eigenvalue weighted by Crippen LogP contribution is 2.39. The van der Waals surface area contributed by atoms with Gasteiger partial charge in [0.05, 0.1) is 40.9 Å². The fourth-order valence-corrected chi connectivity index (χ4v) is 4.45. The van der Waals surface area contributed by atoms with Gasteiger partial charge in [-0.05, 0) is 30.7 Å². The van der Waals surface area contributed by atoms with Gasteiger partial charge in [-0.1, -0.05) is 20.8 Å². The summed E-state index contributed by atoms with van der Waals surface area (Å²) in [7, 11) is 0. The van der Waals surface area contributed by atoms with Crippen LogP contribution in [0.25, 0.3) is 5.69 Å². The third-order valence-electron chi connectivity index (χ3n) is 5.90. The van der Waals surface area contributed by atoms with E-state index in [9.17, 15) is 9.59 Å². The van der Waals surface area contributed by atoms with E-state index < -0.39 is 23.2 Å². The Bertz CT molecular complexity index is 1070. The molecular formula is C22H26F2N4O3. The molecule has 7 nitrogen and oxygen atoms in total. The van der Waals surface area contributed by atoms with Crippen molar-refractivity contribution in [2.24, 2.45) is 11.1 Å². The molecule has 1 aromatic carbocycles. The molecule has 1 aliphatic heterocycles. The number of halogens is 2. The minimum absolute atomic E-state index is 0.0784. The van der Waals surface area contributed by atoms with Crippen LogP contribution in [-0.2, 0) is 17.6 Å². The average Bonchev–Trinajstić information content (AvgIpc) is 3.31. The number of rotatable bonds is 5. The molecule has 166 valence electrons. The number of nitrogens with one attached hydrogen (secondary N) is 1. The van der Waals surface area contributed by atoms with Crippen LogP contribution in [0.15, 0.2) is 6.07 Å². The van der Waals surface area contributed by atoms with E-state index in [0.29, 0.717) is 55.8 Å². The van der Waals surface area contributed by atoms with Gasteiger partial charge in [-0.2, -0.15) is 5.10 Å². The van der Waals surface area contributed by atoms with Gasteiger partial charge in [-0.25, -0.2) is 13.5 Å². The normalized spacial score (nSPS) is 20.0. The summed E-state index contributed by atoms with van der Waals surface area (Å²) in [4.78, 5) is 24.7. The fraction of sp³-hybridized carbons (Fsp3) is 0.500. The number of carbonyl (C=O) groups excluding carboxylic acids is 2. The number of primary amides is 1. The first-order valence-electron chi connectivity index (χ1n) is 10.4. The van der Waals surface area contributed by atoms with E-state index in [0.717, 1.165) is 6.07 Å². The number of amides is 1. The number of anilines is 1. The molecule has 9 heteroatoms. The van der Waals surface area contributed by atoms with Crippen LogP contribution in [0.5, 0.6) is 0 Å². The number of benzene rings is 1. The molecule has 1 unspecified atom stereocenters. The number of ether oxygens (including phenoxy) is 1. The summed E-state index contributed by atoms with van der Waals surface area (Å²) in [5, 5.41) is 7.36. The van der Waals surface area contributed by atoms with E-state index in [1.807, 2.05) is 20.8 Å². The van der Waals surface area contributed by atoms with Crippen molar-refractivity contribution in [1.82, 2.24) is 9.78 Å². The first kappa shape index (κ1) is 21.4. The highest BCUT2D eigenvalue weighted by Gasteiger charge is 2.38. The maximum atomic E-state index is 15.8. The Morgan fingerprint density at radius 2 is 2.13 bits per heavy atom. The number of aromatic nitrogens is 2. The standard InChI is InChI=1S/C22H26F2N4O3/c1-4-14-17-15(8-22(2,3)9-16(17)29)28(27-14)20-13(23)7-12(21(25)30)19(18(20)24)26-11-5-6-31-10-11/h7,11,26H,4-6,8-10H2,1-3H3,(H2,25,30). The zero-order chi connectivity index (χ0) is 22.5. The molecule has 1 saturated heterocycles. The van der Waals surface area contributed by atoms with Gasteiger partial charge < -0.3 is 15.8 Å². The molecule has 31 heavy (non-hydrogen) atoms. The average molecular weight is 432 g/mol. The Kier molecular flexibility index (Phi) is 5.33. The largest absolute Gasteiger partial charge is 0.379 e. The first-order valence-corrected chi connectivity index (χ1v) is 10.4. The number of nitrogens with two attached hydrogens (primary N) is 1. The number of hydrogen-bond acceptors (Lipinski definition) is 5. The molecule has 0 bridgehead atoms. The molecule has 3 N–H and O–H groups in total. The minimum Gasteiger partial charge on any atom is -0.379 e. The summed E-state index contributed by atoms with van der Waals surface area (Å²) in [6.45, 7) is 6.56. The molecule has 0 saturated carbocycles. The third kappa shape index (κ3) is 3.71. The second-order valence-electron chi connectivity index (χ2n) is 8.99. The molecule has 2 heterocycles. The third-order valence-corrected chi connectivity index (χ3v) is 5.90. The lowest BCUT2D eigenvalue weighted by Gasteiger charge is -2.29.